The second kappa shape index (κ2) is 6.49. The Morgan fingerprint density at radius 3 is 2.61 bits per heavy atom. The van der Waals surface area contributed by atoms with Gasteiger partial charge in [-0.15, -0.1) is 0 Å². The first kappa shape index (κ1) is 14.6. The monoisotopic (exact) mass is 252 g/mol. The van der Waals surface area contributed by atoms with Gasteiger partial charge in [-0.25, -0.2) is 0 Å². The van der Waals surface area contributed by atoms with Gasteiger partial charge in [0.05, 0.1) is 12.6 Å². The van der Waals surface area contributed by atoms with Crippen molar-refractivity contribution in [1.82, 2.24) is 5.32 Å². The Bertz CT molecular complexity index is 379. The first-order valence-electron chi connectivity index (χ1n) is 5.85. The third-order valence-electron chi connectivity index (χ3n) is 2.62. The lowest BCUT2D eigenvalue weighted by Gasteiger charge is -2.22. The van der Waals surface area contributed by atoms with Crippen molar-refractivity contribution in [3.05, 3.63) is 35.9 Å². The summed E-state index contributed by atoms with van der Waals surface area (Å²) in [5.41, 5.74) is 5.43. The maximum atomic E-state index is 11.7. The van der Waals surface area contributed by atoms with Gasteiger partial charge in [-0.05, 0) is 18.9 Å². The molecule has 0 aliphatic rings. The van der Waals surface area contributed by atoms with E-state index in [0.29, 0.717) is 6.42 Å². The van der Waals surface area contributed by atoms with Crippen molar-refractivity contribution in [2.45, 2.75) is 25.0 Å². The minimum absolute atomic E-state index is 0.0230. The summed E-state index contributed by atoms with van der Waals surface area (Å²) in [6, 6.07) is 8.80. The minimum atomic E-state index is -1.32. The van der Waals surface area contributed by atoms with E-state index in [4.69, 9.17) is 10.8 Å². The number of hydrogen-bond donors (Lipinski definition) is 4. The van der Waals surface area contributed by atoms with Crippen LogP contribution in [0.15, 0.2) is 30.3 Å². The van der Waals surface area contributed by atoms with Crippen LogP contribution in [0.1, 0.15) is 12.5 Å². The molecular formula is C13H20N2O3. The van der Waals surface area contributed by atoms with Gasteiger partial charge in [-0.2, -0.15) is 0 Å². The van der Waals surface area contributed by atoms with Crippen LogP contribution in [0.25, 0.3) is 0 Å². The van der Waals surface area contributed by atoms with Gasteiger partial charge in [-0.1, -0.05) is 30.3 Å². The number of benzene rings is 1. The molecule has 0 aliphatic carbocycles. The van der Waals surface area contributed by atoms with Crippen molar-refractivity contribution in [2.24, 2.45) is 5.73 Å². The molecule has 1 aromatic carbocycles. The van der Waals surface area contributed by atoms with Crippen LogP contribution in [0, 0.1) is 0 Å². The molecule has 0 saturated carbocycles. The van der Waals surface area contributed by atoms with E-state index < -0.39 is 18.2 Å². The minimum Gasteiger partial charge on any atom is -0.393 e. The fraction of sp³-hybridized carbons (Fsp3) is 0.462. The standard InChI is InChI=1S/C13H20N2O3/c1-13(18,9-16)8-15-12(17)11(14)7-10-5-3-2-4-6-10/h2-6,11,16,18H,7-9,14H2,1H3,(H,15,17)/t11-,13?/m0/s1. The van der Waals surface area contributed by atoms with Gasteiger partial charge < -0.3 is 21.3 Å². The lowest BCUT2D eigenvalue weighted by atomic mass is 10.1. The highest BCUT2D eigenvalue weighted by molar-refractivity contribution is 5.81. The molecule has 100 valence electrons. The molecule has 0 spiro atoms. The summed E-state index contributed by atoms with van der Waals surface area (Å²) in [5, 5.41) is 20.9. The number of amides is 1. The molecule has 2 atom stereocenters. The Morgan fingerprint density at radius 1 is 1.44 bits per heavy atom. The van der Waals surface area contributed by atoms with Crippen LogP contribution in [0.3, 0.4) is 0 Å². The summed E-state index contributed by atoms with van der Waals surface area (Å²) in [6.45, 7) is 1.00. The summed E-state index contributed by atoms with van der Waals surface area (Å²) in [5.74, 6) is -0.340. The van der Waals surface area contributed by atoms with Crippen LogP contribution in [0.2, 0.25) is 0 Å². The molecule has 0 radical (unpaired) electrons. The lowest BCUT2D eigenvalue weighted by molar-refractivity contribution is -0.123. The van der Waals surface area contributed by atoms with Crippen molar-refractivity contribution in [3.8, 4) is 0 Å². The second-order valence-corrected chi connectivity index (χ2v) is 4.67. The molecule has 5 N–H and O–H groups in total. The Balaban J connectivity index is 2.43. The molecule has 1 unspecified atom stereocenters. The summed E-state index contributed by atoms with van der Waals surface area (Å²) in [7, 11) is 0. The third-order valence-corrected chi connectivity index (χ3v) is 2.62. The van der Waals surface area contributed by atoms with E-state index in [0.717, 1.165) is 5.56 Å². The average Bonchev–Trinajstić information content (AvgIpc) is 2.37. The quantitative estimate of drug-likeness (QED) is 0.544. The molecule has 5 nitrogen and oxygen atoms in total. The zero-order valence-corrected chi connectivity index (χ0v) is 10.5. The molecule has 1 aromatic rings. The molecule has 5 heteroatoms. The van der Waals surface area contributed by atoms with Gasteiger partial charge in [0.15, 0.2) is 0 Å². The smallest absolute Gasteiger partial charge is 0.237 e. The Labute approximate surface area is 107 Å². The average molecular weight is 252 g/mol. The molecule has 18 heavy (non-hydrogen) atoms. The number of nitrogens with one attached hydrogen (secondary N) is 1. The maximum absolute atomic E-state index is 11.7. The van der Waals surface area contributed by atoms with E-state index in [1.807, 2.05) is 30.3 Å². The van der Waals surface area contributed by atoms with Gasteiger partial charge in [0, 0.05) is 6.54 Å². The van der Waals surface area contributed by atoms with E-state index >= 15 is 0 Å². The fourth-order valence-electron chi connectivity index (χ4n) is 1.43. The Kier molecular flexibility index (Phi) is 5.27. The molecule has 0 saturated heterocycles. The third kappa shape index (κ3) is 4.83. The molecule has 0 heterocycles. The Morgan fingerprint density at radius 2 is 2.06 bits per heavy atom. The number of carbonyl (C=O) groups excluding carboxylic acids is 1. The number of hydrogen-bond acceptors (Lipinski definition) is 4. The highest BCUT2D eigenvalue weighted by Crippen LogP contribution is 2.03. The fourth-order valence-corrected chi connectivity index (χ4v) is 1.43. The number of carbonyl (C=O) groups is 1. The Hall–Kier alpha value is -1.43. The van der Waals surface area contributed by atoms with Crippen molar-refractivity contribution in [2.75, 3.05) is 13.2 Å². The molecule has 0 fully saturated rings. The van der Waals surface area contributed by atoms with Gasteiger partial charge in [0.25, 0.3) is 0 Å². The summed E-state index contributed by atoms with van der Waals surface area (Å²) in [4.78, 5) is 11.7. The zero-order valence-electron chi connectivity index (χ0n) is 10.5. The number of nitrogens with two attached hydrogens (primary N) is 1. The van der Waals surface area contributed by atoms with Crippen LogP contribution >= 0.6 is 0 Å². The van der Waals surface area contributed by atoms with Gasteiger partial charge in [-0.3, -0.25) is 4.79 Å². The molecule has 0 aliphatic heterocycles. The number of aliphatic hydroxyl groups is 2. The second-order valence-electron chi connectivity index (χ2n) is 4.67. The molecule has 1 amide bonds. The first-order valence-corrected chi connectivity index (χ1v) is 5.85. The normalized spacial score (nSPS) is 15.8. The molecule has 0 aromatic heterocycles. The van der Waals surface area contributed by atoms with Crippen LogP contribution in [-0.4, -0.2) is 40.9 Å². The van der Waals surface area contributed by atoms with Crippen LogP contribution < -0.4 is 11.1 Å². The van der Waals surface area contributed by atoms with Crippen LogP contribution in [0.5, 0.6) is 0 Å². The van der Waals surface area contributed by atoms with Gasteiger partial charge in [0.1, 0.15) is 5.60 Å². The van der Waals surface area contributed by atoms with Crippen molar-refractivity contribution < 1.29 is 15.0 Å². The summed E-state index contributed by atoms with van der Waals surface area (Å²) >= 11 is 0. The van der Waals surface area contributed by atoms with E-state index in [1.54, 1.807) is 0 Å². The highest BCUT2D eigenvalue weighted by atomic mass is 16.3. The lowest BCUT2D eigenvalue weighted by Crippen LogP contribution is -2.49. The van der Waals surface area contributed by atoms with Gasteiger partial charge >= 0.3 is 0 Å². The predicted octanol–water partition coefficient (Wildman–Crippen LogP) is -0.584. The van der Waals surface area contributed by atoms with Gasteiger partial charge in [0.2, 0.25) is 5.91 Å². The van der Waals surface area contributed by atoms with Crippen molar-refractivity contribution >= 4 is 5.91 Å². The van der Waals surface area contributed by atoms with Crippen LogP contribution in [-0.2, 0) is 11.2 Å². The van der Waals surface area contributed by atoms with E-state index in [-0.39, 0.29) is 12.5 Å². The SMILES string of the molecule is CC(O)(CO)CNC(=O)[C@@H](N)Cc1ccccc1. The van der Waals surface area contributed by atoms with Crippen molar-refractivity contribution in [1.29, 1.82) is 0 Å². The maximum Gasteiger partial charge on any atom is 0.237 e. The topological polar surface area (TPSA) is 95.6 Å². The molecule has 1 rings (SSSR count). The zero-order chi connectivity index (χ0) is 13.6. The molecule has 0 bridgehead atoms. The first-order chi connectivity index (χ1) is 8.44. The highest BCUT2D eigenvalue weighted by Gasteiger charge is 2.21. The molecular weight excluding hydrogens is 232 g/mol. The number of rotatable bonds is 6. The predicted molar refractivity (Wildman–Crippen MR) is 68.8 cm³/mol. The van der Waals surface area contributed by atoms with E-state index in [2.05, 4.69) is 5.32 Å². The van der Waals surface area contributed by atoms with E-state index in [9.17, 15) is 9.90 Å². The summed E-state index contributed by atoms with van der Waals surface area (Å²) in [6.07, 6.45) is 0.438. The largest absolute Gasteiger partial charge is 0.393 e. The summed E-state index contributed by atoms with van der Waals surface area (Å²) < 4.78 is 0. The number of aliphatic hydroxyl groups excluding tert-OH is 1. The van der Waals surface area contributed by atoms with Crippen LogP contribution in [0.4, 0.5) is 0 Å². The van der Waals surface area contributed by atoms with Crippen molar-refractivity contribution in [3.63, 3.8) is 0 Å². The van der Waals surface area contributed by atoms with E-state index in [1.165, 1.54) is 6.92 Å².